The van der Waals surface area contributed by atoms with Crippen molar-refractivity contribution in [1.29, 1.82) is 0 Å². The van der Waals surface area contributed by atoms with E-state index in [2.05, 4.69) is 6.58 Å². The van der Waals surface area contributed by atoms with Crippen LogP contribution in [-0.2, 0) is 0 Å². The maximum absolute atomic E-state index is 11.9. The van der Waals surface area contributed by atoms with E-state index in [9.17, 15) is 17.6 Å². The lowest BCUT2D eigenvalue weighted by Gasteiger charge is -2.14. The molecule has 0 rings (SSSR count). The van der Waals surface area contributed by atoms with Crippen molar-refractivity contribution >= 4 is 0 Å². The van der Waals surface area contributed by atoms with Crippen LogP contribution < -0.4 is 0 Å². The first-order valence-corrected chi connectivity index (χ1v) is 2.41. The Morgan fingerprint density at radius 3 is 1.90 bits per heavy atom. The summed E-state index contributed by atoms with van der Waals surface area (Å²) < 4.78 is 45.8. The van der Waals surface area contributed by atoms with E-state index in [0.717, 1.165) is 0 Å². The third kappa shape index (κ3) is 2.34. The average Bonchev–Trinajstić information content (AvgIpc) is 1.83. The van der Waals surface area contributed by atoms with Crippen molar-refractivity contribution in [3.05, 3.63) is 12.7 Å². The summed E-state index contributed by atoms with van der Waals surface area (Å²) in [7, 11) is 0. The number of rotatable bonds is 2. The van der Waals surface area contributed by atoms with Crippen LogP contribution in [0.1, 0.15) is 0 Å². The number of hydrogen-bond donors (Lipinski definition) is 1. The third-order valence-corrected chi connectivity index (χ3v) is 0.854. The number of aliphatic hydroxyl groups excluding tert-OH is 1. The highest BCUT2D eigenvalue weighted by Gasteiger charge is 2.43. The van der Waals surface area contributed by atoms with Gasteiger partial charge in [-0.3, -0.25) is 0 Å². The summed E-state index contributed by atoms with van der Waals surface area (Å²) >= 11 is 0. The number of alkyl halides is 4. The predicted molar refractivity (Wildman–Crippen MR) is 27.2 cm³/mol. The molecule has 0 bridgehead atoms. The van der Waals surface area contributed by atoms with E-state index in [0.29, 0.717) is 6.08 Å². The molecular weight excluding hydrogens is 152 g/mol. The van der Waals surface area contributed by atoms with Crippen molar-refractivity contribution in [2.24, 2.45) is 0 Å². The van der Waals surface area contributed by atoms with Crippen LogP contribution in [0.5, 0.6) is 0 Å². The van der Waals surface area contributed by atoms with Crippen LogP contribution in [0, 0.1) is 0 Å². The van der Waals surface area contributed by atoms with Crippen LogP contribution in [0.3, 0.4) is 0 Å². The minimum absolute atomic E-state index is 0.498. The molecule has 60 valence electrons. The Bertz CT molecular complexity index is 119. The summed E-state index contributed by atoms with van der Waals surface area (Å²) in [6.45, 7) is 2.81. The van der Waals surface area contributed by atoms with Crippen LogP contribution in [0.4, 0.5) is 17.6 Å². The van der Waals surface area contributed by atoms with Crippen molar-refractivity contribution in [2.75, 3.05) is 0 Å². The molecule has 0 spiro atoms. The van der Waals surface area contributed by atoms with Gasteiger partial charge in [0, 0.05) is 0 Å². The molecule has 0 fully saturated rings. The number of halogens is 4. The van der Waals surface area contributed by atoms with Crippen molar-refractivity contribution in [3.8, 4) is 0 Å². The van der Waals surface area contributed by atoms with Gasteiger partial charge in [0.25, 0.3) is 0 Å². The lowest BCUT2D eigenvalue weighted by atomic mass is 10.2. The number of aliphatic hydroxyl groups is 1. The summed E-state index contributed by atoms with van der Waals surface area (Å²) in [4.78, 5) is 0. The largest absolute Gasteiger partial charge is 0.422 e. The zero-order valence-electron chi connectivity index (χ0n) is 4.90. The molecule has 1 N–H and O–H groups in total. The van der Waals surface area contributed by atoms with Crippen molar-refractivity contribution in [2.45, 2.75) is 18.5 Å². The molecule has 0 aliphatic heterocycles. The number of hydrogen-bond acceptors (Lipinski definition) is 1. The van der Waals surface area contributed by atoms with Gasteiger partial charge in [0.05, 0.1) is 0 Å². The quantitative estimate of drug-likeness (QED) is 0.476. The summed E-state index contributed by atoms with van der Waals surface area (Å²) in [6, 6.07) is 0. The Morgan fingerprint density at radius 1 is 1.40 bits per heavy atom. The second-order valence-corrected chi connectivity index (χ2v) is 1.67. The predicted octanol–water partition coefficient (Wildman–Crippen LogP) is 1.43. The first-order chi connectivity index (χ1) is 4.39. The van der Waals surface area contributed by atoms with Gasteiger partial charge in [-0.05, 0) is 0 Å². The zero-order valence-corrected chi connectivity index (χ0v) is 4.90. The molecule has 0 aromatic rings. The SMILES string of the molecule is C=CC(O)C(F)C(F)(F)F. The minimum Gasteiger partial charge on any atom is -0.386 e. The molecule has 0 aromatic carbocycles. The Balaban J connectivity index is 4.07. The molecule has 0 amide bonds. The van der Waals surface area contributed by atoms with Gasteiger partial charge in [0.1, 0.15) is 6.10 Å². The van der Waals surface area contributed by atoms with Gasteiger partial charge >= 0.3 is 6.18 Å². The Labute approximate surface area is 55.0 Å². The fourth-order valence-electron chi connectivity index (χ4n) is 0.313. The van der Waals surface area contributed by atoms with Gasteiger partial charge in [-0.15, -0.1) is 6.58 Å². The normalized spacial score (nSPS) is 18.1. The van der Waals surface area contributed by atoms with Crippen LogP contribution >= 0.6 is 0 Å². The summed E-state index contributed by atoms with van der Waals surface area (Å²) in [5.41, 5.74) is 0. The van der Waals surface area contributed by atoms with E-state index in [-0.39, 0.29) is 0 Å². The molecule has 5 heteroatoms. The summed E-state index contributed by atoms with van der Waals surface area (Å²) in [6.07, 6.45) is -9.91. The van der Waals surface area contributed by atoms with E-state index in [1.807, 2.05) is 0 Å². The highest BCUT2D eigenvalue weighted by molar-refractivity contribution is 4.88. The molecule has 2 atom stereocenters. The highest BCUT2D eigenvalue weighted by Crippen LogP contribution is 2.25. The Kier molecular flexibility index (Phi) is 2.83. The lowest BCUT2D eigenvalue weighted by molar-refractivity contribution is -0.198. The van der Waals surface area contributed by atoms with Crippen LogP contribution in [-0.4, -0.2) is 23.6 Å². The molecule has 0 aromatic heterocycles. The first-order valence-electron chi connectivity index (χ1n) is 2.41. The molecule has 0 heterocycles. The Morgan fingerprint density at radius 2 is 1.80 bits per heavy atom. The molecule has 10 heavy (non-hydrogen) atoms. The van der Waals surface area contributed by atoms with Gasteiger partial charge in [0.15, 0.2) is 0 Å². The topological polar surface area (TPSA) is 20.2 Å². The molecule has 1 nitrogen and oxygen atoms in total. The highest BCUT2D eigenvalue weighted by atomic mass is 19.4. The second-order valence-electron chi connectivity index (χ2n) is 1.67. The fourth-order valence-corrected chi connectivity index (χ4v) is 0.313. The van der Waals surface area contributed by atoms with E-state index < -0.39 is 18.5 Å². The van der Waals surface area contributed by atoms with Crippen molar-refractivity contribution in [1.82, 2.24) is 0 Å². The minimum atomic E-state index is -5.01. The van der Waals surface area contributed by atoms with Gasteiger partial charge in [-0.1, -0.05) is 6.08 Å². The van der Waals surface area contributed by atoms with Gasteiger partial charge in [-0.2, -0.15) is 13.2 Å². The maximum Gasteiger partial charge on any atom is 0.422 e. The molecule has 0 radical (unpaired) electrons. The van der Waals surface area contributed by atoms with Crippen LogP contribution in [0.15, 0.2) is 12.7 Å². The molecule has 0 saturated heterocycles. The van der Waals surface area contributed by atoms with Crippen molar-refractivity contribution < 1.29 is 22.7 Å². The van der Waals surface area contributed by atoms with Gasteiger partial charge in [0.2, 0.25) is 6.17 Å². The van der Waals surface area contributed by atoms with Crippen molar-refractivity contribution in [3.63, 3.8) is 0 Å². The van der Waals surface area contributed by atoms with Crippen LogP contribution in [0.25, 0.3) is 0 Å². The third-order valence-electron chi connectivity index (χ3n) is 0.854. The van der Waals surface area contributed by atoms with E-state index in [1.165, 1.54) is 0 Å². The van der Waals surface area contributed by atoms with Gasteiger partial charge < -0.3 is 5.11 Å². The first kappa shape index (κ1) is 9.42. The van der Waals surface area contributed by atoms with Gasteiger partial charge in [-0.25, -0.2) is 4.39 Å². The molecule has 0 saturated carbocycles. The summed E-state index contributed by atoms with van der Waals surface area (Å²) in [5.74, 6) is 0. The lowest BCUT2D eigenvalue weighted by Crippen LogP contribution is -2.34. The molecule has 0 aliphatic carbocycles. The zero-order chi connectivity index (χ0) is 8.36. The molecule has 2 unspecified atom stereocenters. The second kappa shape index (κ2) is 3.01. The van der Waals surface area contributed by atoms with E-state index >= 15 is 0 Å². The fraction of sp³-hybridized carbons (Fsp3) is 0.600. The maximum atomic E-state index is 11.9. The molecular formula is C5H6F4O. The standard InChI is InChI=1S/C5H6F4O/c1-2-3(10)4(6)5(7,8)9/h2-4,10H,1H2. The van der Waals surface area contributed by atoms with E-state index in [1.54, 1.807) is 0 Å². The average molecular weight is 158 g/mol. The Hall–Kier alpha value is -0.580. The smallest absolute Gasteiger partial charge is 0.386 e. The molecule has 0 aliphatic rings. The van der Waals surface area contributed by atoms with E-state index in [4.69, 9.17) is 5.11 Å². The summed E-state index contributed by atoms with van der Waals surface area (Å²) in [5, 5.41) is 8.25. The monoisotopic (exact) mass is 158 g/mol. The van der Waals surface area contributed by atoms with Crippen LogP contribution in [0.2, 0.25) is 0 Å².